The molecule has 1 saturated heterocycles. The van der Waals surface area contributed by atoms with Crippen LogP contribution in [-0.2, 0) is 9.59 Å². The van der Waals surface area contributed by atoms with Crippen LogP contribution in [0.1, 0.15) is 39.5 Å². The summed E-state index contributed by atoms with van der Waals surface area (Å²) in [4.78, 5) is 28.2. The molecule has 0 saturated carbocycles. The van der Waals surface area contributed by atoms with Crippen molar-refractivity contribution in [2.75, 3.05) is 33.7 Å². The Labute approximate surface area is 134 Å². The summed E-state index contributed by atoms with van der Waals surface area (Å²) in [7, 11) is 3.57. The van der Waals surface area contributed by atoms with Crippen LogP contribution in [0.2, 0.25) is 0 Å². The number of hydrogen-bond donors (Lipinski definition) is 1. The second-order valence-corrected chi connectivity index (χ2v) is 5.99. The molecule has 0 spiro atoms. The third-order valence-corrected chi connectivity index (χ3v) is 4.77. The minimum atomic E-state index is -0.418. The normalized spacial score (nSPS) is 16.3. The largest absolute Gasteiger partial charge is 0.349 e. The topological polar surface area (TPSA) is 66.6 Å². The van der Waals surface area contributed by atoms with Gasteiger partial charge in [0.1, 0.15) is 0 Å². The maximum atomic E-state index is 12.7. The molecule has 0 bridgehead atoms. The van der Waals surface area contributed by atoms with E-state index in [1.165, 1.54) is 0 Å². The lowest BCUT2D eigenvalue weighted by atomic mass is 9.80. The molecule has 0 unspecified atom stereocenters. The lowest BCUT2D eigenvalue weighted by Gasteiger charge is -2.39. The van der Waals surface area contributed by atoms with Crippen LogP contribution in [0.3, 0.4) is 0 Å². The van der Waals surface area contributed by atoms with Crippen LogP contribution >= 0.6 is 12.4 Å². The van der Waals surface area contributed by atoms with E-state index in [0.29, 0.717) is 19.6 Å². The molecule has 0 aromatic rings. The van der Waals surface area contributed by atoms with Gasteiger partial charge in [-0.1, -0.05) is 13.8 Å². The second-order valence-electron chi connectivity index (χ2n) is 5.99. The Balaban J connectivity index is 0.00000400. The molecule has 1 rings (SSSR count). The molecule has 124 valence electrons. The molecular weight excluding hydrogens is 290 g/mol. The molecule has 2 N–H and O–H groups in total. The quantitative estimate of drug-likeness (QED) is 0.835. The number of likely N-dealkylation sites (tertiary alicyclic amines) is 1. The standard InChI is InChI=1S/C15H29N3O2.ClH/c1-5-15(6-2,11-16)14(20)18-9-7-12(8-10-18)13(19)17(3)4;/h12H,5-11,16H2,1-4H3;1H. The summed E-state index contributed by atoms with van der Waals surface area (Å²) < 4.78 is 0. The maximum absolute atomic E-state index is 12.7. The fourth-order valence-electron chi connectivity index (χ4n) is 2.96. The van der Waals surface area contributed by atoms with Crippen molar-refractivity contribution >= 4 is 24.2 Å². The highest BCUT2D eigenvalue weighted by atomic mass is 35.5. The van der Waals surface area contributed by atoms with Gasteiger partial charge in [0.05, 0.1) is 5.41 Å². The van der Waals surface area contributed by atoms with E-state index in [2.05, 4.69) is 0 Å². The Hall–Kier alpha value is -0.810. The minimum absolute atomic E-state index is 0. The predicted molar refractivity (Wildman–Crippen MR) is 87.3 cm³/mol. The van der Waals surface area contributed by atoms with Crippen LogP contribution in [0.4, 0.5) is 0 Å². The third kappa shape index (κ3) is 4.33. The summed E-state index contributed by atoms with van der Waals surface area (Å²) in [5.74, 6) is 0.401. The summed E-state index contributed by atoms with van der Waals surface area (Å²) in [5, 5.41) is 0. The molecule has 0 aromatic carbocycles. The molecular formula is C15H30ClN3O2. The van der Waals surface area contributed by atoms with E-state index in [4.69, 9.17) is 5.73 Å². The van der Waals surface area contributed by atoms with Gasteiger partial charge in [0.25, 0.3) is 0 Å². The monoisotopic (exact) mass is 319 g/mol. The Bertz CT molecular complexity index is 341. The van der Waals surface area contributed by atoms with Gasteiger partial charge in [-0.3, -0.25) is 9.59 Å². The van der Waals surface area contributed by atoms with Crippen LogP contribution in [0.5, 0.6) is 0 Å². The molecule has 1 aliphatic heterocycles. The van der Waals surface area contributed by atoms with Crippen molar-refractivity contribution in [1.29, 1.82) is 0 Å². The highest BCUT2D eigenvalue weighted by Crippen LogP contribution is 2.30. The van der Waals surface area contributed by atoms with E-state index >= 15 is 0 Å². The van der Waals surface area contributed by atoms with Gasteiger partial charge in [-0.15, -0.1) is 12.4 Å². The van der Waals surface area contributed by atoms with Gasteiger partial charge >= 0.3 is 0 Å². The first kappa shape index (κ1) is 20.2. The Morgan fingerprint density at radius 3 is 2.00 bits per heavy atom. The number of carbonyl (C=O) groups is 2. The lowest BCUT2D eigenvalue weighted by molar-refractivity contribution is -0.146. The van der Waals surface area contributed by atoms with Gasteiger partial charge in [0, 0.05) is 39.6 Å². The van der Waals surface area contributed by atoms with E-state index in [9.17, 15) is 9.59 Å². The van der Waals surface area contributed by atoms with Crippen LogP contribution < -0.4 is 5.73 Å². The number of halogens is 1. The smallest absolute Gasteiger partial charge is 0.230 e. The van der Waals surface area contributed by atoms with Crippen molar-refractivity contribution in [3.05, 3.63) is 0 Å². The molecule has 6 heteroatoms. The van der Waals surface area contributed by atoms with Crippen LogP contribution in [0.25, 0.3) is 0 Å². The lowest BCUT2D eigenvalue weighted by Crippen LogP contribution is -2.51. The summed E-state index contributed by atoms with van der Waals surface area (Å²) in [6.45, 7) is 5.79. The van der Waals surface area contributed by atoms with Gasteiger partial charge in [-0.2, -0.15) is 0 Å². The Morgan fingerprint density at radius 2 is 1.67 bits per heavy atom. The first-order valence-electron chi connectivity index (χ1n) is 7.62. The SMILES string of the molecule is CCC(CC)(CN)C(=O)N1CCC(C(=O)N(C)C)CC1.Cl. The van der Waals surface area contributed by atoms with Crippen molar-refractivity contribution in [3.63, 3.8) is 0 Å². The average Bonchev–Trinajstić information content (AvgIpc) is 2.48. The fraction of sp³-hybridized carbons (Fsp3) is 0.867. The van der Waals surface area contributed by atoms with Gasteiger partial charge in [0.2, 0.25) is 11.8 Å². The van der Waals surface area contributed by atoms with Crippen molar-refractivity contribution in [2.45, 2.75) is 39.5 Å². The van der Waals surface area contributed by atoms with E-state index in [1.807, 2.05) is 18.7 Å². The molecule has 5 nitrogen and oxygen atoms in total. The van der Waals surface area contributed by atoms with E-state index < -0.39 is 5.41 Å². The minimum Gasteiger partial charge on any atom is -0.349 e. The number of hydrogen-bond acceptors (Lipinski definition) is 3. The number of rotatable bonds is 5. The van der Waals surface area contributed by atoms with Crippen LogP contribution in [-0.4, -0.2) is 55.3 Å². The van der Waals surface area contributed by atoms with Gasteiger partial charge in [-0.05, 0) is 25.7 Å². The molecule has 1 fully saturated rings. The van der Waals surface area contributed by atoms with Gasteiger partial charge < -0.3 is 15.5 Å². The van der Waals surface area contributed by atoms with E-state index in [0.717, 1.165) is 25.7 Å². The average molecular weight is 320 g/mol. The van der Waals surface area contributed by atoms with Crippen LogP contribution in [0, 0.1) is 11.3 Å². The second kappa shape index (κ2) is 8.59. The fourth-order valence-corrected chi connectivity index (χ4v) is 2.96. The van der Waals surface area contributed by atoms with Crippen molar-refractivity contribution < 1.29 is 9.59 Å². The van der Waals surface area contributed by atoms with Crippen molar-refractivity contribution in [3.8, 4) is 0 Å². The molecule has 0 aliphatic carbocycles. The van der Waals surface area contributed by atoms with Crippen LogP contribution in [0.15, 0.2) is 0 Å². The maximum Gasteiger partial charge on any atom is 0.230 e. The zero-order valence-electron chi connectivity index (χ0n) is 13.7. The highest BCUT2D eigenvalue weighted by molar-refractivity contribution is 5.85. The van der Waals surface area contributed by atoms with Gasteiger partial charge in [-0.25, -0.2) is 0 Å². The predicted octanol–water partition coefficient (Wildman–Crippen LogP) is 1.50. The van der Waals surface area contributed by atoms with Crippen molar-refractivity contribution in [2.24, 2.45) is 17.1 Å². The third-order valence-electron chi connectivity index (χ3n) is 4.77. The number of carbonyl (C=O) groups excluding carboxylic acids is 2. The van der Waals surface area contributed by atoms with Crippen molar-refractivity contribution in [1.82, 2.24) is 9.80 Å². The summed E-state index contributed by atoms with van der Waals surface area (Å²) in [5.41, 5.74) is 5.43. The summed E-state index contributed by atoms with van der Waals surface area (Å²) in [6.07, 6.45) is 3.07. The number of nitrogens with two attached hydrogens (primary N) is 1. The zero-order chi connectivity index (χ0) is 15.3. The van der Waals surface area contributed by atoms with E-state index in [-0.39, 0.29) is 30.1 Å². The molecule has 2 amide bonds. The number of nitrogens with zero attached hydrogens (tertiary/aromatic N) is 2. The molecule has 21 heavy (non-hydrogen) atoms. The molecule has 0 atom stereocenters. The van der Waals surface area contributed by atoms with E-state index in [1.54, 1.807) is 19.0 Å². The molecule has 0 radical (unpaired) electrons. The molecule has 0 aromatic heterocycles. The highest BCUT2D eigenvalue weighted by Gasteiger charge is 2.38. The zero-order valence-corrected chi connectivity index (χ0v) is 14.5. The number of piperidine rings is 1. The summed E-state index contributed by atoms with van der Waals surface area (Å²) >= 11 is 0. The first-order valence-corrected chi connectivity index (χ1v) is 7.62. The number of amides is 2. The Morgan fingerprint density at radius 1 is 1.19 bits per heavy atom. The summed E-state index contributed by atoms with van der Waals surface area (Å²) in [6, 6.07) is 0. The molecule has 1 aliphatic rings. The Kier molecular flexibility index (Phi) is 8.26. The van der Waals surface area contributed by atoms with Gasteiger partial charge in [0.15, 0.2) is 0 Å². The molecule has 1 heterocycles. The first-order chi connectivity index (χ1) is 9.41.